The number of imidazole rings is 1. The fourth-order valence-corrected chi connectivity index (χ4v) is 3.31. The van der Waals surface area contributed by atoms with E-state index in [4.69, 9.17) is 4.42 Å². The largest absolute Gasteiger partial charge is 0.508 e. The van der Waals surface area contributed by atoms with Gasteiger partial charge in [0.25, 0.3) is 5.91 Å². The van der Waals surface area contributed by atoms with Crippen LogP contribution in [-0.4, -0.2) is 21.0 Å². The molecule has 0 radical (unpaired) electrons. The van der Waals surface area contributed by atoms with Crippen molar-refractivity contribution in [1.82, 2.24) is 15.3 Å². The predicted octanol–water partition coefficient (Wildman–Crippen LogP) is 4.19. The first-order valence-corrected chi connectivity index (χ1v) is 9.10. The quantitative estimate of drug-likeness (QED) is 0.488. The summed E-state index contributed by atoms with van der Waals surface area (Å²) in [6.45, 7) is 3.59. The molecule has 28 heavy (non-hydrogen) atoms. The van der Waals surface area contributed by atoms with Crippen molar-refractivity contribution in [1.29, 1.82) is 0 Å². The number of para-hydroxylation sites is 2. The minimum Gasteiger partial charge on any atom is -0.508 e. The molecule has 2 heterocycles. The third-order valence-electron chi connectivity index (χ3n) is 4.70. The van der Waals surface area contributed by atoms with Gasteiger partial charge in [0.2, 0.25) is 0 Å². The van der Waals surface area contributed by atoms with Crippen LogP contribution in [0.4, 0.5) is 0 Å². The topological polar surface area (TPSA) is 91.1 Å². The minimum atomic E-state index is -0.362. The maximum atomic E-state index is 12.9. The van der Waals surface area contributed by atoms with Gasteiger partial charge in [-0.3, -0.25) is 4.79 Å². The van der Waals surface area contributed by atoms with E-state index in [2.05, 4.69) is 15.3 Å². The molecule has 4 aromatic rings. The second kappa shape index (κ2) is 7.23. The summed E-state index contributed by atoms with van der Waals surface area (Å²) >= 11 is 0. The molecule has 142 valence electrons. The number of phenols is 1. The third kappa shape index (κ3) is 3.62. The van der Waals surface area contributed by atoms with Crippen molar-refractivity contribution in [3.05, 3.63) is 83.1 Å². The molecule has 1 atom stereocenters. The van der Waals surface area contributed by atoms with Crippen molar-refractivity contribution in [2.45, 2.75) is 26.3 Å². The lowest BCUT2D eigenvalue weighted by atomic mass is 10.0. The van der Waals surface area contributed by atoms with Crippen molar-refractivity contribution < 1.29 is 14.3 Å². The smallest absolute Gasteiger partial charge is 0.255 e. The van der Waals surface area contributed by atoms with Crippen molar-refractivity contribution >= 4 is 16.9 Å². The molecular weight excluding hydrogens is 354 g/mol. The highest BCUT2D eigenvalue weighted by molar-refractivity contribution is 5.95. The summed E-state index contributed by atoms with van der Waals surface area (Å²) in [6.07, 6.45) is 0.529. The molecule has 6 nitrogen and oxygen atoms in total. The first-order valence-electron chi connectivity index (χ1n) is 9.10. The highest BCUT2D eigenvalue weighted by Gasteiger charge is 2.22. The second-order valence-corrected chi connectivity index (χ2v) is 6.86. The lowest BCUT2D eigenvalue weighted by Crippen LogP contribution is -2.31. The third-order valence-corrected chi connectivity index (χ3v) is 4.70. The molecule has 3 N–H and O–H groups in total. The number of fused-ring (bicyclic) bond motifs is 1. The molecule has 0 spiro atoms. The number of furan rings is 1. The summed E-state index contributed by atoms with van der Waals surface area (Å²) in [5.41, 5.74) is 3.25. The summed E-state index contributed by atoms with van der Waals surface area (Å²) < 4.78 is 5.49. The van der Waals surface area contributed by atoms with Crippen LogP contribution in [0.25, 0.3) is 11.0 Å². The van der Waals surface area contributed by atoms with Gasteiger partial charge in [0.1, 0.15) is 23.1 Å². The zero-order chi connectivity index (χ0) is 19.7. The number of aryl methyl sites for hydroxylation is 2. The number of aromatic hydroxyl groups is 1. The van der Waals surface area contributed by atoms with E-state index in [0.29, 0.717) is 29.3 Å². The van der Waals surface area contributed by atoms with Crippen LogP contribution in [0, 0.1) is 13.8 Å². The highest BCUT2D eigenvalue weighted by Crippen LogP contribution is 2.22. The van der Waals surface area contributed by atoms with Gasteiger partial charge in [-0.15, -0.1) is 0 Å². The Labute approximate surface area is 162 Å². The number of aromatic nitrogens is 2. The maximum absolute atomic E-state index is 12.9. The van der Waals surface area contributed by atoms with E-state index in [-0.39, 0.29) is 17.7 Å². The monoisotopic (exact) mass is 375 g/mol. The molecule has 0 aliphatic heterocycles. The number of nitrogens with one attached hydrogen (secondary N) is 2. The van der Waals surface area contributed by atoms with Crippen molar-refractivity contribution in [2.24, 2.45) is 0 Å². The van der Waals surface area contributed by atoms with Gasteiger partial charge in [-0.25, -0.2) is 4.98 Å². The molecule has 2 aromatic heterocycles. The van der Waals surface area contributed by atoms with Gasteiger partial charge in [0.15, 0.2) is 0 Å². The van der Waals surface area contributed by atoms with Crippen LogP contribution >= 0.6 is 0 Å². The number of carbonyl (C=O) groups excluding carboxylic acids is 1. The Morgan fingerprint density at radius 2 is 1.93 bits per heavy atom. The highest BCUT2D eigenvalue weighted by atomic mass is 16.3. The number of hydrogen-bond donors (Lipinski definition) is 3. The molecule has 0 aliphatic rings. The Hall–Kier alpha value is -3.54. The van der Waals surface area contributed by atoms with Gasteiger partial charge >= 0.3 is 0 Å². The van der Waals surface area contributed by atoms with Crippen LogP contribution in [0.3, 0.4) is 0 Å². The SMILES string of the molecule is Cc1cc(C(=O)NC(Cc2ccc(O)cc2)c2nc3ccccc3[nH]2)c(C)o1. The van der Waals surface area contributed by atoms with Crippen LogP contribution in [-0.2, 0) is 6.42 Å². The number of aromatic amines is 1. The molecule has 4 rings (SSSR count). The Kier molecular flexibility index (Phi) is 4.61. The molecule has 0 fully saturated rings. The lowest BCUT2D eigenvalue weighted by molar-refractivity contribution is 0.0933. The zero-order valence-corrected chi connectivity index (χ0v) is 15.7. The number of benzene rings is 2. The molecule has 0 bridgehead atoms. The number of hydrogen-bond acceptors (Lipinski definition) is 4. The van der Waals surface area contributed by atoms with Gasteiger partial charge in [0.05, 0.1) is 22.6 Å². The van der Waals surface area contributed by atoms with Gasteiger partial charge in [0, 0.05) is 0 Å². The summed E-state index contributed by atoms with van der Waals surface area (Å²) in [6, 6.07) is 16.1. The number of phenolic OH excluding ortho intramolecular Hbond substituents is 1. The number of carbonyl (C=O) groups is 1. The van der Waals surface area contributed by atoms with Crippen molar-refractivity contribution in [3.8, 4) is 5.75 Å². The Balaban J connectivity index is 1.66. The number of amides is 1. The second-order valence-electron chi connectivity index (χ2n) is 6.86. The van der Waals surface area contributed by atoms with Crippen molar-refractivity contribution in [3.63, 3.8) is 0 Å². The van der Waals surface area contributed by atoms with E-state index >= 15 is 0 Å². The fourth-order valence-electron chi connectivity index (χ4n) is 3.31. The zero-order valence-electron chi connectivity index (χ0n) is 15.7. The first kappa shape index (κ1) is 17.9. The number of nitrogens with zero attached hydrogens (tertiary/aromatic N) is 1. The molecule has 1 unspecified atom stereocenters. The van der Waals surface area contributed by atoms with E-state index in [1.165, 1.54) is 0 Å². The normalized spacial score (nSPS) is 12.2. The van der Waals surface area contributed by atoms with Crippen LogP contribution in [0.1, 0.15) is 39.3 Å². The average molecular weight is 375 g/mol. The van der Waals surface area contributed by atoms with E-state index in [1.54, 1.807) is 25.1 Å². The number of H-pyrrole nitrogens is 1. The van der Waals surface area contributed by atoms with E-state index in [9.17, 15) is 9.90 Å². The molecule has 0 saturated carbocycles. The number of rotatable bonds is 5. The molecule has 0 aliphatic carbocycles. The Morgan fingerprint density at radius 1 is 1.18 bits per heavy atom. The first-order chi connectivity index (χ1) is 13.5. The van der Waals surface area contributed by atoms with Gasteiger partial charge in [-0.2, -0.15) is 0 Å². The predicted molar refractivity (Wildman–Crippen MR) is 106 cm³/mol. The van der Waals surface area contributed by atoms with Crippen LogP contribution < -0.4 is 5.32 Å². The standard InChI is InChI=1S/C22H21N3O3/c1-13-11-17(14(2)28-13)22(27)25-20(12-15-7-9-16(26)10-8-15)21-23-18-5-3-4-6-19(18)24-21/h3-11,20,26H,12H2,1-2H3,(H,23,24)(H,25,27). The lowest BCUT2D eigenvalue weighted by Gasteiger charge is -2.17. The van der Waals surface area contributed by atoms with Gasteiger partial charge in [-0.1, -0.05) is 24.3 Å². The molecule has 2 aromatic carbocycles. The van der Waals surface area contributed by atoms with Crippen LogP contribution in [0.2, 0.25) is 0 Å². The molecule has 1 amide bonds. The summed E-state index contributed by atoms with van der Waals surface area (Å²) in [5, 5.41) is 12.6. The van der Waals surface area contributed by atoms with Crippen molar-refractivity contribution in [2.75, 3.05) is 0 Å². The maximum Gasteiger partial charge on any atom is 0.255 e. The van der Waals surface area contributed by atoms with E-state index < -0.39 is 0 Å². The molecule has 6 heteroatoms. The van der Waals surface area contributed by atoms with Gasteiger partial charge in [-0.05, 0) is 56.2 Å². The van der Waals surface area contributed by atoms with E-state index in [1.807, 2.05) is 43.3 Å². The average Bonchev–Trinajstić information content (AvgIpc) is 3.25. The van der Waals surface area contributed by atoms with E-state index in [0.717, 1.165) is 16.6 Å². The summed E-state index contributed by atoms with van der Waals surface area (Å²) in [4.78, 5) is 20.8. The molecular formula is C22H21N3O3. The fraction of sp³-hybridized carbons (Fsp3) is 0.182. The van der Waals surface area contributed by atoms with Crippen LogP contribution in [0.5, 0.6) is 5.75 Å². The van der Waals surface area contributed by atoms with Gasteiger partial charge < -0.3 is 19.8 Å². The minimum absolute atomic E-state index is 0.206. The summed E-state index contributed by atoms with van der Waals surface area (Å²) in [7, 11) is 0. The summed E-state index contributed by atoms with van der Waals surface area (Å²) in [5.74, 6) is 1.96. The van der Waals surface area contributed by atoms with Crippen LogP contribution in [0.15, 0.2) is 59.0 Å². The molecule has 0 saturated heterocycles. The Morgan fingerprint density at radius 3 is 2.61 bits per heavy atom. The Bertz CT molecular complexity index is 1090.